The number of carboxylic acid groups (broad SMARTS) is 1. The summed E-state index contributed by atoms with van der Waals surface area (Å²) in [7, 11) is 0. The van der Waals surface area contributed by atoms with Gasteiger partial charge in [-0.05, 0) is 32.9 Å². The number of nitrogens with zero attached hydrogens (tertiary/aromatic N) is 1. The lowest BCUT2D eigenvalue weighted by atomic mass is 10.1. The van der Waals surface area contributed by atoms with Gasteiger partial charge in [0.2, 0.25) is 0 Å². The maximum absolute atomic E-state index is 11.5. The molecule has 1 aliphatic rings. The van der Waals surface area contributed by atoms with E-state index in [1.165, 1.54) is 6.92 Å². The number of hydrogen-bond acceptors (Lipinski definition) is 3. The number of hydrogen-bond donors (Lipinski definition) is 3. The first kappa shape index (κ1) is 13.8. The highest BCUT2D eigenvalue weighted by Gasteiger charge is 2.21. The lowest BCUT2D eigenvalue weighted by molar-refractivity contribution is -0.138. The Morgan fingerprint density at radius 1 is 1.53 bits per heavy atom. The van der Waals surface area contributed by atoms with Gasteiger partial charge in [-0.25, -0.2) is 4.79 Å². The Hall–Kier alpha value is -1.30. The van der Waals surface area contributed by atoms with Crippen molar-refractivity contribution in [2.24, 2.45) is 0 Å². The number of carbonyl (C=O) groups is 2. The third kappa shape index (κ3) is 4.60. The zero-order chi connectivity index (χ0) is 12.8. The molecule has 6 nitrogen and oxygen atoms in total. The molecule has 3 N–H and O–H groups in total. The van der Waals surface area contributed by atoms with Crippen LogP contribution < -0.4 is 10.6 Å². The van der Waals surface area contributed by atoms with Crippen molar-refractivity contribution >= 4 is 12.0 Å². The normalized spacial score (nSPS) is 22.8. The van der Waals surface area contributed by atoms with Gasteiger partial charge in [-0.3, -0.25) is 4.79 Å². The maximum atomic E-state index is 11.5. The number of likely N-dealkylation sites (N-methyl/N-ethyl adjacent to an activating group) is 1. The number of amides is 2. The SMILES string of the molecule is CCN1CCCC(NC(=O)NC(C)C(=O)O)C1. The Bertz CT molecular complexity index is 283. The van der Waals surface area contributed by atoms with Gasteiger partial charge < -0.3 is 20.6 Å². The van der Waals surface area contributed by atoms with Gasteiger partial charge in [0, 0.05) is 12.6 Å². The lowest BCUT2D eigenvalue weighted by Gasteiger charge is -2.32. The van der Waals surface area contributed by atoms with Crippen LogP contribution >= 0.6 is 0 Å². The molecule has 0 aliphatic carbocycles. The minimum atomic E-state index is -1.03. The Balaban J connectivity index is 2.33. The lowest BCUT2D eigenvalue weighted by Crippen LogP contribution is -2.52. The Labute approximate surface area is 101 Å². The fourth-order valence-electron chi connectivity index (χ4n) is 1.95. The first-order valence-corrected chi connectivity index (χ1v) is 6.05. The quantitative estimate of drug-likeness (QED) is 0.661. The Morgan fingerprint density at radius 2 is 2.24 bits per heavy atom. The minimum absolute atomic E-state index is 0.115. The van der Waals surface area contributed by atoms with E-state index < -0.39 is 18.0 Å². The molecule has 0 spiro atoms. The van der Waals surface area contributed by atoms with E-state index >= 15 is 0 Å². The van der Waals surface area contributed by atoms with Crippen LogP contribution in [0.5, 0.6) is 0 Å². The number of carbonyl (C=O) groups excluding carboxylic acids is 1. The van der Waals surface area contributed by atoms with Crippen LogP contribution in [0.1, 0.15) is 26.7 Å². The van der Waals surface area contributed by atoms with Crippen LogP contribution in [0.3, 0.4) is 0 Å². The van der Waals surface area contributed by atoms with Crippen molar-refractivity contribution in [1.82, 2.24) is 15.5 Å². The molecular weight excluding hydrogens is 222 g/mol. The van der Waals surface area contributed by atoms with E-state index in [-0.39, 0.29) is 6.04 Å². The van der Waals surface area contributed by atoms with E-state index in [1.54, 1.807) is 0 Å². The second kappa shape index (κ2) is 6.44. The number of likely N-dealkylation sites (tertiary alicyclic amines) is 1. The van der Waals surface area contributed by atoms with Gasteiger partial charge in [0.25, 0.3) is 0 Å². The second-order valence-electron chi connectivity index (χ2n) is 4.41. The number of piperidine rings is 1. The molecule has 1 fully saturated rings. The van der Waals surface area contributed by atoms with Crippen LogP contribution in [0.15, 0.2) is 0 Å². The molecule has 1 saturated heterocycles. The average Bonchev–Trinajstić information content (AvgIpc) is 2.28. The van der Waals surface area contributed by atoms with E-state index in [0.717, 1.165) is 32.5 Å². The molecule has 0 saturated carbocycles. The molecule has 0 aromatic rings. The standard InChI is InChI=1S/C11H21N3O3/c1-3-14-6-4-5-9(7-14)13-11(17)12-8(2)10(15)16/h8-9H,3-7H2,1-2H3,(H,15,16)(H2,12,13,17). The topological polar surface area (TPSA) is 81.7 Å². The number of urea groups is 1. The largest absolute Gasteiger partial charge is 0.480 e. The van der Waals surface area contributed by atoms with Crippen molar-refractivity contribution < 1.29 is 14.7 Å². The van der Waals surface area contributed by atoms with Crippen molar-refractivity contribution in [3.05, 3.63) is 0 Å². The number of carboxylic acids is 1. The van der Waals surface area contributed by atoms with Crippen molar-refractivity contribution in [1.29, 1.82) is 0 Å². The third-order valence-corrected chi connectivity index (χ3v) is 3.01. The Morgan fingerprint density at radius 3 is 2.82 bits per heavy atom. The summed E-state index contributed by atoms with van der Waals surface area (Å²) >= 11 is 0. The van der Waals surface area contributed by atoms with Gasteiger partial charge in [-0.15, -0.1) is 0 Å². The van der Waals surface area contributed by atoms with Gasteiger partial charge in [-0.1, -0.05) is 6.92 Å². The molecule has 2 amide bonds. The molecule has 1 aliphatic heterocycles. The second-order valence-corrected chi connectivity index (χ2v) is 4.41. The molecule has 2 atom stereocenters. The van der Waals surface area contributed by atoms with Crippen molar-refractivity contribution in [3.63, 3.8) is 0 Å². The molecule has 1 heterocycles. The summed E-state index contributed by atoms with van der Waals surface area (Å²) in [6, 6.07) is -1.14. The van der Waals surface area contributed by atoms with Crippen LogP contribution in [0.2, 0.25) is 0 Å². The molecule has 0 aromatic heterocycles. The van der Waals surface area contributed by atoms with Gasteiger partial charge in [0.05, 0.1) is 0 Å². The predicted octanol–water partition coefficient (Wildman–Crippen LogP) is 0.243. The number of nitrogens with one attached hydrogen (secondary N) is 2. The van der Waals surface area contributed by atoms with E-state index in [0.29, 0.717) is 0 Å². The van der Waals surface area contributed by atoms with Crippen LogP contribution in [0.4, 0.5) is 4.79 Å². The minimum Gasteiger partial charge on any atom is -0.480 e. The molecule has 17 heavy (non-hydrogen) atoms. The maximum Gasteiger partial charge on any atom is 0.325 e. The average molecular weight is 243 g/mol. The van der Waals surface area contributed by atoms with Crippen molar-refractivity contribution in [2.75, 3.05) is 19.6 Å². The fourth-order valence-corrected chi connectivity index (χ4v) is 1.95. The molecule has 0 bridgehead atoms. The van der Waals surface area contributed by atoms with Gasteiger partial charge >= 0.3 is 12.0 Å². The van der Waals surface area contributed by atoms with Gasteiger partial charge in [0.15, 0.2) is 0 Å². The van der Waals surface area contributed by atoms with E-state index in [1.807, 2.05) is 0 Å². The molecular formula is C11H21N3O3. The highest BCUT2D eigenvalue weighted by atomic mass is 16.4. The van der Waals surface area contributed by atoms with Gasteiger partial charge in [-0.2, -0.15) is 0 Å². The Kier molecular flexibility index (Phi) is 5.21. The summed E-state index contributed by atoms with van der Waals surface area (Å²) < 4.78 is 0. The number of aliphatic carboxylic acids is 1. The summed E-state index contributed by atoms with van der Waals surface area (Å²) in [5.74, 6) is -1.03. The summed E-state index contributed by atoms with van der Waals surface area (Å²) in [5.41, 5.74) is 0. The summed E-state index contributed by atoms with van der Waals surface area (Å²) in [6.45, 7) is 6.43. The van der Waals surface area contributed by atoms with Crippen LogP contribution in [-0.2, 0) is 4.79 Å². The summed E-state index contributed by atoms with van der Waals surface area (Å²) in [5, 5.41) is 13.9. The molecule has 98 valence electrons. The highest BCUT2D eigenvalue weighted by Crippen LogP contribution is 2.09. The fraction of sp³-hybridized carbons (Fsp3) is 0.818. The van der Waals surface area contributed by atoms with Crippen LogP contribution in [0, 0.1) is 0 Å². The summed E-state index contributed by atoms with van der Waals surface area (Å²) in [6.07, 6.45) is 2.01. The van der Waals surface area contributed by atoms with E-state index in [9.17, 15) is 9.59 Å². The summed E-state index contributed by atoms with van der Waals surface area (Å²) in [4.78, 5) is 24.4. The predicted molar refractivity (Wildman–Crippen MR) is 63.9 cm³/mol. The van der Waals surface area contributed by atoms with E-state index in [4.69, 9.17) is 5.11 Å². The van der Waals surface area contributed by atoms with Crippen molar-refractivity contribution in [3.8, 4) is 0 Å². The van der Waals surface area contributed by atoms with E-state index in [2.05, 4.69) is 22.5 Å². The first-order chi connectivity index (χ1) is 8.02. The number of rotatable bonds is 4. The smallest absolute Gasteiger partial charge is 0.325 e. The molecule has 1 rings (SSSR count). The van der Waals surface area contributed by atoms with Crippen LogP contribution in [-0.4, -0.2) is 53.7 Å². The first-order valence-electron chi connectivity index (χ1n) is 6.05. The van der Waals surface area contributed by atoms with Gasteiger partial charge in [0.1, 0.15) is 6.04 Å². The zero-order valence-electron chi connectivity index (χ0n) is 10.4. The van der Waals surface area contributed by atoms with Crippen molar-refractivity contribution in [2.45, 2.75) is 38.8 Å². The molecule has 0 radical (unpaired) electrons. The molecule has 0 aromatic carbocycles. The monoisotopic (exact) mass is 243 g/mol. The third-order valence-electron chi connectivity index (χ3n) is 3.01. The molecule has 6 heteroatoms. The zero-order valence-corrected chi connectivity index (χ0v) is 10.4. The molecule has 2 unspecified atom stereocenters. The van der Waals surface area contributed by atoms with Crippen LogP contribution in [0.25, 0.3) is 0 Å². The highest BCUT2D eigenvalue weighted by molar-refractivity contribution is 5.82.